The molecule has 4 aromatic rings. The molecule has 1 aliphatic heterocycles. The fourth-order valence-corrected chi connectivity index (χ4v) is 4.16. The molecule has 2 N–H and O–H groups in total. The minimum atomic E-state index is -0.354. The van der Waals surface area contributed by atoms with Gasteiger partial charge in [-0.15, -0.1) is 0 Å². The number of benzene rings is 3. The predicted octanol–water partition coefficient (Wildman–Crippen LogP) is 6.08. The number of nitrogens with zero attached hydrogens (tertiary/aromatic N) is 3. The molecule has 3 aromatic carbocycles. The van der Waals surface area contributed by atoms with Gasteiger partial charge >= 0.3 is 0 Å². The van der Waals surface area contributed by atoms with Crippen LogP contribution in [0.5, 0.6) is 5.88 Å². The van der Waals surface area contributed by atoms with Crippen LogP contribution < -0.4 is 15.4 Å². The number of rotatable bonds is 9. The second kappa shape index (κ2) is 12.0. The average Bonchev–Trinajstić information content (AvgIpc) is 2.95. The molecule has 0 radical (unpaired) electrons. The van der Waals surface area contributed by atoms with E-state index in [-0.39, 0.29) is 18.3 Å². The normalized spacial score (nSPS) is 12.9. The number of hydrogen-bond donors (Lipinski definition) is 2. The number of ether oxygens (including phenoxy) is 1. The number of carbonyl (C=O) groups is 1. The number of aromatic nitrogens is 2. The smallest absolute Gasteiger partial charge is 0.251 e. The minimum absolute atomic E-state index is 0.195. The van der Waals surface area contributed by atoms with Crippen LogP contribution in [0.2, 0.25) is 5.02 Å². The number of halogens is 2. The maximum Gasteiger partial charge on any atom is 0.251 e. The molecule has 1 aromatic heterocycles. The molecule has 1 amide bonds. The van der Waals surface area contributed by atoms with Gasteiger partial charge in [0, 0.05) is 35.3 Å². The Morgan fingerprint density at radius 3 is 2.59 bits per heavy atom. The van der Waals surface area contributed by atoms with E-state index < -0.39 is 0 Å². The van der Waals surface area contributed by atoms with Crippen molar-refractivity contribution in [3.63, 3.8) is 0 Å². The van der Waals surface area contributed by atoms with Crippen LogP contribution >= 0.6 is 11.6 Å². The van der Waals surface area contributed by atoms with Crippen molar-refractivity contribution in [2.75, 3.05) is 13.1 Å². The van der Waals surface area contributed by atoms with Gasteiger partial charge in [-0.2, -0.15) is 0 Å². The lowest BCUT2D eigenvalue weighted by molar-refractivity contribution is 0.0953. The summed E-state index contributed by atoms with van der Waals surface area (Å²) in [5.41, 5.74) is 4.79. The molecular weight excluding hydrogens is 517 g/mol. The van der Waals surface area contributed by atoms with E-state index in [4.69, 9.17) is 21.3 Å². The third kappa shape index (κ3) is 6.78. The summed E-state index contributed by atoms with van der Waals surface area (Å²) in [5.74, 6) is 0.691. The first-order valence-corrected chi connectivity index (χ1v) is 13.0. The topological polar surface area (TPSA) is 88.5 Å². The van der Waals surface area contributed by atoms with E-state index in [1.807, 2.05) is 25.3 Å². The molecule has 0 spiro atoms. The summed E-state index contributed by atoms with van der Waals surface area (Å²) in [4.78, 5) is 26.8. The van der Waals surface area contributed by atoms with Crippen molar-refractivity contribution in [3.05, 3.63) is 100 Å². The second-order valence-corrected chi connectivity index (χ2v) is 9.70. The van der Waals surface area contributed by atoms with Crippen molar-refractivity contribution < 1.29 is 13.9 Å². The van der Waals surface area contributed by atoms with Gasteiger partial charge in [0.25, 0.3) is 5.91 Å². The van der Waals surface area contributed by atoms with Crippen LogP contribution in [0.25, 0.3) is 22.3 Å². The highest BCUT2D eigenvalue weighted by Gasteiger charge is 2.15. The van der Waals surface area contributed by atoms with Crippen molar-refractivity contribution in [1.29, 1.82) is 0 Å². The first kappa shape index (κ1) is 26.3. The summed E-state index contributed by atoms with van der Waals surface area (Å²) in [6.45, 7) is 3.51. The zero-order valence-corrected chi connectivity index (χ0v) is 22.1. The highest BCUT2D eigenvalue weighted by atomic mass is 35.5. The number of amidine groups is 1. The fourth-order valence-electron chi connectivity index (χ4n) is 4.04. The standard InChI is InChI=1S/C30H27ClFN5O2/c1-19-16-34-27(35-17-19)3-2-14-33-29(38)22-8-13-25-26(15-22)36-28(21-6-11-24(32)12-7-21)30(37-25)39-18-20-4-9-23(31)10-5-20/h4-13,15-16H,2-3,14,17-18H2,1H3,(H,33,38)(H,34,35). The summed E-state index contributed by atoms with van der Waals surface area (Å²) in [5, 5.41) is 6.77. The van der Waals surface area contributed by atoms with Crippen LogP contribution in [0, 0.1) is 5.82 Å². The number of fused-ring (bicyclic) bond motifs is 1. The average molecular weight is 544 g/mol. The molecule has 0 saturated heterocycles. The van der Waals surface area contributed by atoms with E-state index in [0.29, 0.717) is 51.8 Å². The zero-order valence-electron chi connectivity index (χ0n) is 21.4. The maximum atomic E-state index is 13.6. The van der Waals surface area contributed by atoms with Gasteiger partial charge in [0.2, 0.25) is 5.88 Å². The first-order valence-electron chi connectivity index (χ1n) is 12.6. The minimum Gasteiger partial charge on any atom is -0.471 e. The molecule has 2 heterocycles. The lowest BCUT2D eigenvalue weighted by atomic mass is 10.1. The molecule has 7 nitrogen and oxygen atoms in total. The Balaban J connectivity index is 1.33. The van der Waals surface area contributed by atoms with Gasteiger partial charge in [-0.3, -0.25) is 9.79 Å². The van der Waals surface area contributed by atoms with Crippen molar-refractivity contribution in [2.24, 2.45) is 4.99 Å². The SMILES string of the molecule is CC1=CNC(CCCNC(=O)c2ccc3nc(OCc4ccc(Cl)cc4)c(-c4ccc(F)cc4)nc3c2)=NC1. The number of hydrogen-bond acceptors (Lipinski definition) is 6. The lowest BCUT2D eigenvalue weighted by Crippen LogP contribution is -2.27. The Bertz CT molecular complexity index is 1550. The number of aliphatic imine (C=N–C) groups is 1. The van der Waals surface area contributed by atoms with Crippen molar-refractivity contribution in [2.45, 2.75) is 26.4 Å². The Hall–Kier alpha value is -4.30. The highest BCUT2D eigenvalue weighted by molar-refractivity contribution is 6.30. The molecule has 0 saturated carbocycles. The van der Waals surface area contributed by atoms with E-state index in [0.717, 1.165) is 24.2 Å². The fraction of sp³-hybridized carbons (Fsp3) is 0.200. The first-order chi connectivity index (χ1) is 18.9. The van der Waals surface area contributed by atoms with Gasteiger partial charge in [-0.05, 0) is 79.1 Å². The quantitative estimate of drug-likeness (QED) is 0.250. The third-order valence-corrected chi connectivity index (χ3v) is 6.43. The molecule has 198 valence electrons. The van der Waals surface area contributed by atoms with Gasteiger partial charge in [0.05, 0.1) is 17.6 Å². The van der Waals surface area contributed by atoms with Gasteiger partial charge in [-0.1, -0.05) is 23.7 Å². The van der Waals surface area contributed by atoms with E-state index in [2.05, 4.69) is 20.6 Å². The van der Waals surface area contributed by atoms with Crippen LogP contribution in [0.3, 0.4) is 0 Å². The van der Waals surface area contributed by atoms with E-state index in [1.54, 1.807) is 42.5 Å². The molecule has 0 aliphatic carbocycles. The second-order valence-electron chi connectivity index (χ2n) is 9.26. The van der Waals surface area contributed by atoms with Crippen molar-refractivity contribution in [3.8, 4) is 17.1 Å². The van der Waals surface area contributed by atoms with Crippen LogP contribution in [0.15, 0.2) is 83.5 Å². The molecule has 0 bridgehead atoms. The van der Waals surface area contributed by atoms with Crippen LogP contribution in [-0.4, -0.2) is 34.8 Å². The highest BCUT2D eigenvalue weighted by Crippen LogP contribution is 2.30. The molecule has 39 heavy (non-hydrogen) atoms. The van der Waals surface area contributed by atoms with E-state index in [9.17, 15) is 9.18 Å². The molecule has 9 heteroatoms. The lowest BCUT2D eigenvalue weighted by Gasteiger charge is -2.13. The van der Waals surface area contributed by atoms with Crippen LogP contribution in [0.4, 0.5) is 4.39 Å². The van der Waals surface area contributed by atoms with Crippen molar-refractivity contribution in [1.82, 2.24) is 20.6 Å². The maximum absolute atomic E-state index is 13.6. The summed E-state index contributed by atoms with van der Waals surface area (Å²) < 4.78 is 19.7. The van der Waals surface area contributed by atoms with Gasteiger partial charge in [-0.25, -0.2) is 14.4 Å². The summed E-state index contributed by atoms with van der Waals surface area (Å²) >= 11 is 5.99. The third-order valence-electron chi connectivity index (χ3n) is 6.18. The number of nitrogens with one attached hydrogen (secondary N) is 2. The Morgan fingerprint density at radius 1 is 1.05 bits per heavy atom. The molecule has 0 fully saturated rings. The van der Waals surface area contributed by atoms with Gasteiger partial charge in [0.15, 0.2) is 0 Å². The van der Waals surface area contributed by atoms with Gasteiger partial charge < -0.3 is 15.4 Å². The number of amides is 1. The van der Waals surface area contributed by atoms with E-state index in [1.165, 1.54) is 17.7 Å². The van der Waals surface area contributed by atoms with Crippen LogP contribution in [0.1, 0.15) is 35.7 Å². The molecule has 1 aliphatic rings. The largest absolute Gasteiger partial charge is 0.471 e. The van der Waals surface area contributed by atoms with Crippen molar-refractivity contribution >= 4 is 34.4 Å². The molecule has 0 atom stereocenters. The Labute approximate surface area is 230 Å². The van der Waals surface area contributed by atoms with Gasteiger partial charge in [0.1, 0.15) is 24.0 Å². The van der Waals surface area contributed by atoms with E-state index >= 15 is 0 Å². The Kier molecular flexibility index (Phi) is 8.13. The summed E-state index contributed by atoms with van der Waals surface area (Å²) in [6.07, 6.45) is 3.49. The monoisotopic (exact) mass is 543 g/mol. The Morgan fingerprint density at radius 2 is 1.85 bits per heavy atom. The zero-order chi connectivity index (χ0) is 27.2. The molecule has 0 unspecified atom stereocenters. The van der Waals surface area contributed by atoms with Crippen LogP contribution in [-0.2, 0) is 6.61 Å². The summed E-state index contributed by atoms with van der Waals surface area (Å²) in [7, 11) is 0. The molecular formula is C30H27ClFN5O2. The molecule has 5 rings (SSSR count). The number of carbonyl (C=O) groups excluding carboxylic acids is 1. The predicted molar refractivity (Wildman–Crippen MR) is 151 cm³/mol. The summed E-state index contributed by atoms with van der Waals surface area (Å²) in [6, 6.07) is 18.5.